The molecule has 4 rings (SSSR count). The highest BCUT2D eigenvalue weighted by Crippen LogP contribution is 2.43. The van der Waals surface area contributed by atoms with Crippen LogP contribution in [0.3, 0.4) is 0 Å². The van der Waals surface area contributed by atoms with Gasteiger partial charge in [-0.15, -0.1) is 11.8 Å². The lowest BCUT2D eigenvalue weighted by molar-refractivity contribution is -0.143. The molecule has 0 spiro atoms. The maximum atomic E-state index is 16.1. The number of pyridine rings is 2. The van der Waals surface area contributed by atoms with Crippen molar-refractivity contribution >= 4 is 34.3 Å². The van der Waals surface area contributed by atoms with Crippen LogP contribution in [0.25, 0.3) is 10.9 Å². The Bertz CT molecular complexity index is 1220. The second kappa shape index (κ2) is 12.7. The lowest BCUT2D eigenvalue weighted by Gasteiger charge is -2.40. The number of thioether (sulfide) groups is 1. The van der Waals surface area contributed by atoms with E-state index >= 15 is 4.39 Å². The molecule has 1 saturated heterocycles. The zero-order chi connectivity index (χ0) is 27.1. The summed E-state index contributed by atoms with van der Waals surface area (Å²) in [6.07, 6.45) is 3.76. The molecule has 0 saturated carbocycles. The predicted octanol–water partition coefficient (Wildman–Crippen LogP) is 4.88. The Balaban J connectivity index is 1.45. The number of anilines is 1. The van der Waals surface area contributed by atoms with Gasteiger partial charge in [0.1, 0.15) is 11.9 Å². The smallest absolute Gasteiger partial charge is 0.249 e. The van der Waals surface area contributed by atoms with Crippen molar-refractivity contribution in [3.63, 3.8) is 0 Å². The summed E-state index contributed by atoms with van der Waals surface area (Å²) in [7, 11) is 5.31. The summed E-state index contributed by atoms with van der Waals surface area (Å²) in [5.74, 6) is 1.10. The van der Waals surface area contributed by atoms with E-state index in [2.05, 4.69) is 14.9 Å². The molecule has 2 N–H and O–H groups in total. The Labute approximate surface area is 227 Å². The molecule has 1 aromatic carbocycles. The lowest BCUT2D eigenvalue weighted by atomic mass is 9.73. The number of carbonyl (C=O) groups excluding carboxylic acids is 1. The Morgan fingerprint density at radius 1 is 1.26 bits per heavy atom. The van der Waals surface area contributed by atoms with Crippen molar-refractivity contribution in [2.24, 2.45) is 5.41 Å². The second-order valence-electron chi connectivity index (χ2n) is 9.92. The molecule has 1 fully saturated rings. The molecular formula is C28H36FN5O3S. The minimum atomic E-state index is -1.32. The third kappa shape index (κ3) is 6.36. The number of rotatable bonds is 11. The predicted molar refractivity (Wildman–Crippen MR) is 149 cm³/mol. The number of ether oxygens (including phenoxy) is 1. The zero-order valence-electron chi connectivity index (χ0n) is 22.2. The number of nitrogens with zero attached hydrogens (tertiary/aromatic N) is 4. The highest BCUT2D eigenvalue weighted by molar-refractivity contribution is 7.99. The van der Waals surface area contributed by atoms with Crippen LogP contribution in [0.1, 0.15) is 37.4 Å². The van der Waals surface area contributed by atoms with Gasteiger partial charge < -0.3 is 14.5 Å². The highest BCUT2D eigenvalue weighted by atomic mass is 32.2. The standard InChI is InChI=1S/C28H36FN5O3S/c1-33(2)24-19-31-23-8-7-20(37-3)18-21(23)26(24)22(29)9-10-28(27(35)32-36)11-14-34(15-12-28)16-17-38-25-6-4-5-13-30-25/h4-8,13,18-19,22,36H,9-12,14-17H2,1-3H3,(H,32,35)/t22-/m1/s1. The van der Waals surface area contributed by atoms with Gasteiger partial charge >= 0.3 is 0 Å². The maximum absolute atomic E-state index is 16.1. The zero-order valence-corrected chi connectivity index (χ0v) is 23.0. The number of methoxy groups -OCH3 is 1. The van der Waals surface area contributed by atoms with Crippen LogP contribution in [0, 0.1) is 5.41 Å². The summed E-state index contributed by atoms with van der Waals surface area (Å²) < 4.78 is 21.5. The molecule has 1 aliphatic heterocycles. The number of fused-ring (bicyclic) bond motifs is 1. The number of amides is 1. The highest BCUT2D eigenvalue weighted by Gasteiger charge is 2.41. The third-order valence-electron chi connectivity index (χ3n) is 7.46. The quantitative estimate of drug-likeness (QED) is 0.202. The number of hydrogen-bond donors (Lipinski definition) is 2. The number of alkyl halides is 1. The molecule has 0 radical (unpaired) electrons. The topological polar surface area (TPSA) is 90.8 Å². The number of piperidine rings is 1. The van der Waals surface area contributed by atoms with Crippen molar-refractivity contribution in [3.05, 3.63) is 54.4 Å². The molecule has 0 bridgehead atoms. The summed E-state index contributed by atoms with van der Waals surface area (Å²) in [4.78, 5) is 25.9. The van der Waals surface area contributed by atoms with Crippen LogP contribution >= 0.6 is 11.8 Å². The Kier molecular flexibility index (Phi) is 9.40. The van der Waals surface area contributed by atoms with Crippen molar-refractivity contribution in [2.45, 2.75) is 36.9 Å². The molecule has 1 atom stereocenters. The number of nitrogens with one attached hydrogen (secondary N) is 1. The van der Waals surface area contributed by atoms with E-state index in [4.69, 9.17) is 4.74 Å². The van der Waals surface area contributed by atoms with Gasteiger partial charge in [-0.2, -0.15) is 0 Å². The summed E-state index contributed by atoms with van der Waals surface area (Å²) >= 11 is 1.70. The molecular weight excluding hydrogens is 505 g/mol. The molecule has 0 aliphatic carbocycles. The average molecular weight is 542 g/mol. The summed E-state index contributed by atoms with van der Waals surface area (Å²) in [5.41, 5.74) is 2.98. The first-order valence-electron chi connectivity index (χ1n) is 12.9. The average Bonchev–Trinajstić information content (AvgIpc) is 2.95. The van der Waals surface area contributed by atoms with Crippen LogP contribution < -0.4 is 15.1 Å². The van der Waals surface area contributed by atoms with Crippen LogP contribution in [-0.2, 0) is 4.79 Å². The molecule has 1 amide bonds. The van der Waals surface area contributed by atoms with E-state index in [1.165, 1.54) is 0 Å². The molecule has 38 heavy (non-hydrogen) atoms. The molecule has 10 heteroatoms. The van der Waals surface area contributed by atoms with Crippen molar-refractivity contribution in [1.82, 2.24) is 20.3 Å². The molecule has 204 valence electrons. The maximum Gasteiger partial charge on any atom is 0.249 e. The number of hydroxylamine groups is 1. The van der Waals surface area contributed by atoms with E-state index in [9.17, 15) is 10.0 Å². The minimum absolute atomic E-state index is 0.153. The van der Waals surface area contributed by atoms with E-state index in [1.54, 1.807) is 31.3 Å². The number of aromatic nitrogens is 2. The lowest BCUT2D eigenvalue weighted by Crippen LogP contribution is -2.48. The molecule has 3 heterocycles. The molecule has 2 aromatic heterocycles. The van der Waals surface area contributed by atoms with Gasteiger partial charge in [-0.25, -0.2) is 14.9 Å². The van der Waals surface area contributed by atoms with Gasteiger partial charge in [-0.1, -0.05) is 6.07 Å². The fourth-order valence-electron chi connectivity index (χ4n) is 5.17. The van der Waals surface area contributed by atoms with Crippen LogP contribution in [0.15, 0.2) is 53.8 Å². The van der Waals surface area contributed by atoms with Gasteiger partial charge in [0.2, 0.25) is 5.91 Å². The second-order valence-corrected chi connectivity index (χ2v) is 11.0. The molecule has 3 aromatic rings. The van der Waals surface area contributed by atoms with Crippen LogP contribution in [0.2, 0.25) is 0 Å². The van der Waals surface area contributed by atoms with Gasteiger partial charge in [0.25, 0.3) is 0 Å². The van der Waals surface area contributed by atoms with Crippen molar-refractivity contribution in [2.75, 3.05) is 51.5 Å². The summed E-state index contributed by atoms with van der Waals surface area (Å²) in [6.45, 7) is 2.30. The van der Waals surface area contributed by atoms with Gasteiger partial charge in [0.05, 0.1) is 35.0 Å². The van der Waals surface area contributed by atoms with Gasteiger partial charge in [-0.3, -0.25) is 15.0 Å². The number of halogens is 1. The van der Waals surface area contributed by atoms with E-state index in [0.29, 0.717) is 60.3 Å². The minimum Gasteiger partial charge on any atom is -0.497 e. The Morgan fingerprint density at radius 2 is 2.05 bits per heavy atom. The number of carbonyl (C=O) groups is 1. The first-order valence-corrected chi connectivity index (χ1v) is 13.8. The largest absolute Gasteiger partial charge is 0.497 e. The van der Waals surface area contributed by atoms with E-state index < -0.39 is 17.5 Å². The summed E-state index contributed by atoms with van der Waals surface area (Å²) in [5, 5.41) is 11.2. The van der Waals surface area contributed by atoms with Crippen molar-refractivity contribution < 1.29 is 19.1 Å². The van der Waals surface area contributed by atoms with Crippen molar-refractivity contribution in [1.29, 1.82) is 0 Å². The Hall–Kier alpha value is -2.95. The van der Waals surface area contributed by atoms with E-state index in [1.807, 2.05) is 60.9 Å². The normalized spacial score (nSPS) is 16.2. The van der Waals surface area contributed by atoms with E-state index in [0.717, 1.165) is 17.3 Å². The monoisotopic (exact) mass is 541 g/mol. The van der Waals surface area contributed by atoms with Gasteiger partial charge in [0.15, 0.2) is 0 Å². The van der Waals surface area contributed by atoms with E-state index in [-0.39, 0.29) is 6.42 Å². The SMILES string of the molecule is COc1ccc2ncc(N(C)C)c([C@H](F)CCC3(C(=O)NO)CCN(CCSc4ccccn4)CC3)c2c1. The van der Waals surface area contributed by atoms with Gasteiger partial charge in [0, 0.05) is 43.5 Å². The summed E-state index contributed by atoms with van der Waals surface area (Å²) in [6, 6.07) is 11.3. The van der Waals surface area contributed by atoms with Crippen LogP contribution in [0.4, 0.5) is 10.1 Å². The van der Waals surface area contributed by atoms with Crippen molar-refractivity contribution in [3.8, 4) is 5.75 Å². The molecule has 0 unspecified atom stereocenters. The first-order chi connectivity index (χ1) is 18.4. The fraction of sp³-hybridized carbons (Fsp3) is 0.464. The molecule has 1 aliphatic rings. The number of hydrogen-bond acceptors (Lipinski definition) is 8. The van der Waals surface area contributed by atoms with Crippen LogP contribution in [0.5, 0.6) is 5.75 Å². The molecule has 8 nitrogen and oxygen atoms in total. The fourth-order valence-corrected chi connectivity index (χ4v) is 6.04. The van der Waals surface area contributed by atoms with Crippen LogP contribution in [-0.4, -0.2) is 72.6 Å². The van der Waals surface area contributed by atoms with Gasteiger partial charge in [-0.05, 0) is 69.1 Å². The number of benzene rings is 1. The third-order valence-corrected chi connectivity index (χ3v) is 8.38. The number of likely N-dealkylation sites (tertiary alicyclic amines) is 1. The first kappa shape index (κ1) is 28.1. The Morgan fingerprint density at radius 3 is 2.71 bits per heavy atom.